The van der Waals surface area contributed by atoms with Crippen LogP contribution in [0, 0.1) is 5.82 Å². The number of benzene rings is 2. The average molecular weight is 417 g/mol. The zero-order chi connectivity index (χ0) is 17.2. The lowest BCUT2D eigenvalue weighted by molar-refractivity contribution is -0.137. The quantitative estimate of drug-likeness (QED) is 0.528. The first-order valence-electron chi connectivity index (χ1n) is 6.74. The highest BCUT2D eigenvalue weighted by Crippen LogP contribution is 2.38. The van der Waals surface area contributed by atoms with Crippen LogP contribution in [0.1, 0.15) is 11.1 Å². The topological polar surface area (TPSA) is 29.3 Å². The third-order valence-electron chi connectivity index (χ3n) is 3.07. The molecule has 0 spiro atoms. The molecule has 0 radical (unpaired) electrons. The fourth-order valence-electron chi connectivity index (χ4n) is 2.05. The summed E-state index contributed by atoms with van der Waals surface area (Å²) in [6.07, 6.45) is -4.43. The molecule has 2 nitrogen and oxygen atoms in total. The summed E-state index contributed by atoms with van der Waals surface area (Å²) in [6.45, 7) is 0.515. The maximum Gasteiger partial charge on any atom is 0.416 e. The van der Waals surface area contributed by atoms with Crippen molar-refractivity contribution in [2.24, 2.45) is 0 Å². The molecule has 0 unspecified atom stereocenters. The maximum atomic E-state index is 13.4. The molecule has 0 aromatic heterocycles. The second-order valence-corrected chi connectivity index (χ2v) is 6.43. The molecular weight excluding hydrogens is 399 g/mol. The lowest BCUT2D eigenvalue weighted by Gasteiger charge is -2.15. The van der Waals surface area contributed by atoms with Crippen LogP contribution in [-0.4, -0.2) is 19.0 Å². The zero-order valence-corrected chi connectivity index (χ0v) is 15.9. The molecule has 0 bridgehead atoms. The number of rotatable bonds is 4. The first kappa shape index (κ1) is 23.9. The summed E-state index contributed by atoms with van der Waals surface area (Å²) >= 11 is 1.23. The first-order chi connectivity index (χ1) is 10.7. The summed E-state index contributed by atoms with van der Waals surface area (Å²) in [4.78, 5) is 3.14. The standard InChI is InChI=1S/C16H16F4N2S.2ClH/c1-22(2)9-10-7-12(17)4-6-14(10)23-15-5-3-11(8-13(15)21)16(18,19)20;;/h3-8H,9,21H2,1-2H3;2*1H. The van der Waals surface area contributed by atoms with Crippen LogP contribution in [-0.2, 0) is 12.7 Å². The number of hydrogen-bond acceptors (Lipinski definition) is 3. The largest absolute Gasteiger partial charge is 0.416 e. The van der Waals surface area contributed by atoms with E-state index < -0.39 is 11.7 Å². The molecule has 2 N–H and O–H groups in total. The molecule has 0 aliphatic carbocycles. The van der Waals surface area contributed by atoms with Crippen LogP contribution in [0.3, 0.4) is 0 Å². The van der Waals surface area contributed by atoms with Gasteiger partial charge in [-0.1, -0.05) is 11.8 Å². The lowest BCUT2D eigenvalue weighted by Crippen LogP contribution is -2.11. The van der Waals surface area contributed by atoms with Gasteiger partial charge in [-0.05, 0) is 56.1 Å². The Morgan fingerprint density at radius 2 is 1.60 bits per heavy atom. The van der Waals surface area contributed by atoms with Crippen molar-refractivity contribution in [3.63, 3.8) is 0 Å². The fraction of sp³-hybridized carbons (Fsp3) is 0.250. The third kappa shape index (κ3) is 6.58. The van der Waals surface area contributed by atoms with Crippen LogP contribution in [0.5, 0.6) is 0 Å². The molecule has 0 saturated carbocycles. The molecule has 0 fully saturated rings. The summed E-state index contributed by atoms with van der Waals surface area (Å²) in [5.74, 6) is -0.355. The Bertz CT molecular complexity index is 709. The molecule has 0 aliphatic rings. The molecule has 0 saturated heterocycles. The molecule has 25 heavy (non-hydrogen) atoms. The minimum atomic E-state index is -4.43. The third-order valence-corrected chi connectivity index (χ3v) is 4.28. The smallest absolute Gasteiger partial charge is 0.398 e. The Balaban J connectivity index is 0.00000288. The van der Waals surface area contributed by atoms with Gasteiger partial charge < -0.3 is 10.6 Å². The molecule has 2 aromatic rings. The van der Waals surface area contributed by atoms with Crippen molar-refractivity contribution in [3.05, 3.63) is 53.3 Å². The van der Waals surface area contributed by atoms with Crippen LogP contribution in [0.15, 0.2) is 46.2 Å². The predicted molar refractivity (Wildman–Crippen MR) is 98.3 cm³/mol. The Kier molecular flexibility index (Phi) is 9.08. The van der Waals surface area contributed by atoms with E-state index in [1.54, 1.807) is 6.07 Å². The highest BCUT2D eigenvalue weighted by molar-refractivity contribution is 7.99. The van der Waals surface area contributed by atoms with Crippen molar-refractivity contribution in [2.45, 2.75) is 22.5 Å². The molecule has 140 valence electrons. The minimum absolute atomic E-state index is 0. The van der Waals surface area contributed by atoms with Gasteiger partial charge in [0.15, 0.2) is 0 Å². The highest BCUT2D eigenvalue weighted by Gasteiger charge is 2.30. The van der Waals surface area contributed by atoms with Gasteiger partial charge in [-0.2, -0.15) is 13.2 Å². The number of halogens is 6. The van der Waals surface area contributed by atoms with E-state index in [-0.39, 0.29) is 36.3 Å². The molecule has 2 rings (SSSR count). The summed E-state index contributed by atoms with van der Waals surface area (Å²) in [5, 5.41) is 0. The SMILES string of the molecule is CN(C)Cc1cc(F)ccc1Sc1ccc(C(F)(F)F)cc1N.Cl.Cl. The Morgan fingerprint density at radius 3 is 2.12 bits per heavy atom. The second-order valence-electron chi connectivity index (χ2n) is 5.34. The van der Waals surface area contributed by atoms with Crippen molar-refractivity contribution >= 4 is 42.3 Å². The van der Waals surface area contributed by atoms with Gasteiger partial charge in [0.2, 0.25) is 0 Å². The van der Waals surface area contributed by atoms with Crippen molar-refractivity contribution < 1.29 is 17.6 Å². The van der Waals surface area contributed by atoms with Crippen LogP contribution < -0.4 is 5.73 Å². The van der Waals surface area contributed by atoms with Gasteiger partial charge in [-0.25, -0.2) is 4.39 Å². The van der Waals surface area contributed by atoms with Crippen LogP contribution >= 0.6 is 36.6 Å². The number of alkyl halides is 3. The number of anilines is 1. The molecular formula is C16H18Cl2F4N2S. The van der Waals surface area contributed by atoms with Gasteiger partial charge in [0.1, 0.15) is 5.82 Å². The van der Waals surface area contributed by atoms with E-state index in [0.29, 0.717) is 11.4 Å². The highest BCUT2D eigenvalue weighted by atomic mass is 35.5. The normalized spacial score (nSPS) is 11.0. The molecule has 2 aromatic carbocycles. The lowest BCUT2D eigenvalue weighted by atomic mass is 10.2. The van der Waals surface area contributed by atoms with Crippen LogP contribution in [0.2, 0.25) is 0 Å². The van der Waals surface area contributed by atoms with Gasteiger partial charge in [-0.15, -0.1) is 24.8 Å². The number of hydrogen-bond donors (Lipinski definition) is 1. The van der Waals surface area contributed by atoms with E-state index in [9.17, 15) is 17.6 Å². The molecule has 0 heterocycles. The Hall–Kier alpha value is -1.15. The minimum Gasteiger partial charge on any atom is -0.398 e. The van der Waals surface area contributed by atoms with E-state index in [1.165, 1.54) is 30.0 Å². The Labute approximate surface area is 160 Å². The van der Waals surface area contributed by atoms with Gasteiger partial charge in [0.25, 0.3) is 0 Å². The van der Waals surface area contributed by atoms with Crippen molar-refractivity contribution in [1.29, 1.82) is 0 Å². The van der Waals surface area contributed by atoms with Gasteiger partial charge >= 0.3 is 6.18 Å². The molecule has 0 aliphatic heterocycles. The molecule has 9 heteroatoms. The van der Waals surface area contributed by atoms with Crippen LogP contribution in [0.25, 0.3) is 0 Å². The second kappa shape index (κ2) is 9.52. The van der Waals surface area contributed by atoms with Gasteiger partial charge in [-0.3, -0.25) is 0 Å². The summed E-state index contributed by atoms with van der Waals surface area (Å²) < 4.78 is 51.4. The number of nitrogens with two attached hydrogens (primary N) is 1. The van der Waals surface area contributed by atoms with E-state index >= 15 is 0 Å². The van der Waals surface area contributed by atoms with E-state index in [4.69, 9.17) is 5.73 Å². The van der Waals surface area contributed by atoms with Crippen LogP contribution in [0.4, 0.5) is 23.2 Å². The summed E-state index contributed by atoms with van der Waals surface area (Å²) in [5.41, 5.74) is 5.75. The summed E-state index contributed by atoms with van der Waals surface area (Å²) in [6, 6.07) is 7.59. The maximum absolute atomic E-state index is 13.4. The van der Waals surface area contributed by atoms with Crippen molar-refractivity contribution in [1.82, 2.24) is 4.90 Å². The molecule has 0 amide bonds. The number of nitrogens with zero attached hydrogens (tertiary/aromatic N) is 1. The average Bonchev–Trinajstić information content (AvgIpc) is 2.42. The molecule has 0 atom stereocenters. The van der Waals surface area contributed by atoms with E-state index in [1.807, 2.05) is 19.0 Å². The monoisotopic (exact) mass is 416 g/mol. The first-order valence-corrected chi connectivity index (χ1v) is 7.56. The van der Waals surface area contributed by atoms with Crippen molar-refractivity contribution in [2.75, 3.05) is 19.8 Å². The van der Waals surface area contributed by atoms with E-state index in [0.717, 1.165) is 22.6 Å². The zero-order valence-electron chi connectivity index (χ0n) is 13.4. The Morgan fingerprint density at radius 1 is 1.00 bits per heavy atom. The number of nitrogen functional groups attached to an aromatic ring is 1. The van der Waals surface area contributed by atoms with Gasteiger partial charge in [0.05, 0.1) is 5.56 Å². The summed E-state index contributed by atoms with van der Waals surface area (Å²) in [7, 11) is 3.71. The van der Waals surface area contributed by atoms with Gasteiger partial charge in [0, 0.05) is 22.0 Å². The van der Waals surface area contributed by atoms with Crippen molar-refractivity contribution in [3.8, 4) is 0 Å². The fourth-order valence-corrected chi connectivity index (χ4v) is 2.99. The predicted octanol–water partition coefficient (Wildman–Crippen LogP) is 5.48. The van der Waals surface area contributed by atoms with E-state index in [2.05, 4.69) is 0 Å².